The van der Waals surface area contributed by atoms with Gasteiger partial charge in [0.05, 0.1) is 13.2 Å². The molecule has 1 fully saturated rings. The highest BCUT2D eigenvalue weighted by Gasteiger charge is 2.44. The molecule has 0 radical (unpaired) electrons. The number of hydrogen-bond donors (Lipinski definition) is 4. The fourth-order valence-corrected chi connectivity index (χ4v) is 7.13. The minimum absolute atomic E-state index is 0.209. The first-order valence-corrected chi connectivity index (χ1v) is 22.6. The molecular formula is C44H84O10. The maximum atomic E-state index is 12.8. The lowest BCUT2D eigenvalue weighted by Gasteiger charge is -2.39. The number of carbonyl (C=O) groups excluding carboxylic acids is 2. The van der Waals surface area contributed by atoms with E-state index in [9.17, 15) is 30.0 Å². The van der Waals surface area contributed by atoms with Gasteiger partial charge in [-0.3, -0.25) is 9.59 Å². The van der Waals surface area contributed by atoms with E-state index in [2.05, 4.69) is 13.8 Å². The monoisotopic (exact) mass is 773 g/mol. The molecule has 10 heteroatoms. The molecule has 0 amide bonds. The minimum Gasteiger partial charge on any atom is -0.462 e. The molecule has 0 aliphatic carbocycles. The number of carbonyl (C=O) groups is 2. The molecule has 1 aliphatic rings. The number of rotatable bonds is 38. The van der Waals surface area contributed by atoms with Gasteiger partial charge in [-0.25, -0.2) is 0 Å². The molecular weight excluding hydrogens is 688 g/mol. The maximum Gasteiger partial charge on any atom is 0.306 e. The van der Waals surface area contributed by atoms with Gasteiger partial charge in [-0.15, -0.1) is 0 Å². The third kappa shape index (κ3) is 27.3. The predicted octanol–water partition coefficient (Wildman–Crippen LogP) is 9.39. The summed E-state index contributed by atoms with van der Waals surface area (Å²) >= 11 is 0. The van der Waals surface area contributed by atoms with Crippen LogP contribution in [0.3, 0.4) is 0 Å². The zero-order valence-corrected chi connectivity index (χ0v) is 34.7. The lowest BCUT2D eigenvalue weighted by Crippen LogP contribution is -2.59. The first-order valence-electron chi connectivity index (χ1n) is 22.6. The summed E-state index contributed by atoms with van der Waals surface area (Å²) in [6.07, 6.45) is 28.2. The smallest absolute Gasteiger partial charge is 0.306 e. The Labute approximate surface area is 329 Å². The molecule has 6 atom stereocenters. The molecule has 4 N–H and O–H groups in total. The third-order valence-corrected chi connectivity index (χ3v) is 10.7. The Morgan fingerprint density at radius 1 is 0.500 bits per heavy atom. The molecule has 0 aromatic heterocycles. The highest BCUT2D eigenvalue weighted by molar-refractivity contribution is 5.70. The van der Waals surface area contributed by atoms with Gasteiger partial charge in [0.15, 0.2) is 12.4 Å². The normalized spacial score (nSPS) is 20.6. The van der Waals surface area contributed by atoms with Crippen LogP contribution in [0.2, 0.25) is 0 Å². The molecule has 0 aromatic rings. The van der Waals surface area contributed by atoms with Crippen molar-refractivity contribution in [3.05, 3.63) is 0 Å². The number of esters is 2. The summed E-state index contributed by atoms with van der Waals surface area (Å²) in [5.74, 6) is -0.792. The van der Waals surface area contributed by atoms with E-state index in [0.29, 0.717) is 6.42 Å². The first-order chi connectivity index (χ1) is 26.3. The Bertz CT molecular complexity index is 855. The standard InChI is InChI=1S/C44H84O10/c1-3-5-7-9-11-13-15-17-18-19-20-21-23-25-27-29-31-33-40(47)53-37(36-52-44-43(50)42(49)41(48)38(34-45)54-44)35-51-39(46)32-30-28-26-24-22-16-14-12-10-8-6-4-2/h37-38,41-45,48-50H,3-36H2,1-2H3. The number of aliphatic hydroxyl groups is 4. The topological polar surface area (TPSA) is 152 Å². The summed E-state index contributed by atoms with van der Waals surface area (Å²) in [6, 6.07) is 0. The summed E-state index contributed by atoms with van der Waals surface area (Å²) in [5.41, 5.74) is 0. The van der Waals surface area contributed by atoms with E-state index < -0.39 is 49.4 Å². The summed E-state index contributed by atoms with van der Waals surface area (Å²) in [6.45, 7) is 3.45. The largest absolute Gasteiger partial charge is 0.462 e. The molecule has 0 aromatic carbocycles. The van der Waals surface area contributed by atoms with Crippen molar-refractivity contribution in [1.82, 2.24) is 0 Å². The molecule has 1 aliphatic heterocycles. The average molecular weight is 773 g/mol. The van der Waals surface area contributed by atoms with Crippen LogP contribution in [0.25, 0.3) is 0 Å². The molecule has 54 heavy (non-hydrogen) atoms. The van der Waals surface area contributed by atoms with Crippen molar-refractivity contribution in [1.29, 1.82) is 0 Å². The van der Waals surface area contributed by atoms with Crippen LogP contribution in [0, 0.1) is 0 Å². The van der Waals surface area contributed by atoms with Crippen LogP contribution in [0.5, 0.6) is 0 Å². The second-order valence-corrected chi connectivity index (χ2v) is 15.9. The lowest BCUT2D eigenvalue weighted by atomic mass is 9.99. The van der Waals surface area contributed by atoms with Crippen LogP contribution in [0.15, 0.2) is 0 Å². The van der Waals surface area contributed by atoms with Gasteiger partial charge in [0.1, 0.15) is 31.0 Å². The molecule has 6 unspecified atom stereocenters. The van der Waals surface area contributed by atoms with Crippen LogP contribution in [-0.4, -0.2) is 89.0 Å². The number of ether oxygens (including phenoxy) is 4. The van der Waals surface area contributed by atoms with Crippen LogP contribution in [0.4, 0.5) is 0 Å². The van der Waals surface area contributed by atoms with Gasteiger partial charge in [0.2, 0.25) is 0 Å². The fraction of sp³-hybridized carbons (Fsp3) is 0.955. The summed E-state index contributed by atoms with van der Waals surface area (Å²) in [4.78, 5) is 25.3. The second kappa shape index (κ2) is 36.1. The molecule has 0 saturated carbocycles. The van der Waals surface area contributed by atoms with E-state index >= 15 is 0 Å². The van der Waals surface area contributed by atoms with Crippen LogP contribution in [-0.2, 0) is 28.5 Å². The Morgan fingerprint density at radius 3 is 1.26 bits per heavy atom. The molecule has 1 heterocycles. The lowest BCUT2D eigenvalue weighted by molar-refractivity contribution is -0.305. The predicted molar refractivity (Wildman–Crippen MR) is 215 cm³/mol. The van der Waals surface area contributed by atoms with Crippen LogP contribution >= 0.6 is 0 Å². The van der Waals surface area contributed by atoms with Crippen molar-refractivity contribution in [2.24, 2.45) is 0 Å². The summed E-state index contributed by atoms with van der Waals surface area (Å²) in [7, 11) is 0. The Kier molecular flexibility index (Phi) is 33.9. The van der Waals surface area contributed by atoms with Gasteiger partial charge in [0, 0.05) is 12.8 Å². The van der Waals surface area contributed by atoms with E-state index in [1.54, 1.807) is 0 Å². The van der Waals surface area contributed by atoms with Crippen molar-refractivity contribution in [2.45, 2.75) is 250 Å². The van der Waals surface area contributed by atoms with E-state index in [4.69, 9.17) is 18.9 Å². The average Bonchev–Trinajstić information content (AvgIpc) is 3.17. The molecule has 0 spiro atoms. The molecule has 0 bridgehead atoms. The zero-order valence-electron chi connectivity index (χ0n) is 34.7. The van der Waals surface area contributed by atoms with Gasteiger partial charge in [0.25, 0.3) is 0 Å². The van der Waals surface area contributed by atoms with Gasteiger partial charge in [-0.1, -0.05) is 187 Å². The quantitative estimate of drug-likeness (QED) is 0.0353. The van der Waals surface area contributed by atoms with Crippen molar-refractivity contribution in [2.75, 3.05) is 19.8 Å². The van der Waals surface area contributed by atoms with Crippen LogP contribution < -0.4 is 0 Å². The third-order valence-electron chi connectivity index (χ3n) is 10.7. The molecule has 320 valence electrons. The van der Waals surface area contributed by atoms with Crippen molar-refractivity contribution in [3.63, 3.8) is 0 Å². The second-order valence-electron chi connectivity index (χ2n) is 15.9. The Morgan fingerprint density at radius 2 is 0.870 bits per heavy atom. The SMILES string of the molecule is CCCCCCCCCCCCCCCCCCCC(=O)OC(COC(=O)CCCCCCCCCCCCCC)COC1OC(CO)C(O)C(O)C1O. The first kappa shape index (κ1) is 50.7. The summed E-state index contributed by atoms with van der Waals surface area (Å²) in [5, 5.41) is 40.0. The fourth-order valence-electron chi connectivity index (χ4n) is 7.13. The Balaban J connectivity index is 2.30. The van der Waals surface area contributed by atoms with Gasteiger partial charge in [-0.05, 0) is 12.8 Å². The zero-order chi connectivity index (χ0) is 39.5. The number of hydrogen-bond acceptors (Lipinski definition) is 10. The molecule has 1 saturated heterocycles. The number of unbranched alkanes of at least 4 members (excludes halogenated alkanes) is 27. The minimum atomic E-state index is -1.59. The summed E-state index contributed by atoms with van der Waals surface area (Å²) < 4.78 is 22.2. The van der Waals surface area contributed by atoms with Crippen molar-refractivity contribution in [3.8, 4) is 0 Å². The highest BCUT2D eigenvalue weighted by Crippen LogP contribution is 2.23. The highest BCUT2D eigenvalue weighted by atomic mass is 16.7. The van der Waals surface area contributed by atoms with E-state index in [0.717, 1.165) is 38.5 Å². The van der Waals surface area contributed by atoms with E-state index in [1.807, 2.05) is 0 Å². The van der Waals surface area contributed by atoms with Gasteiger partial charge >= 0.3 is 11.9 Å². The van der Waals surface area contributed by atoms with Gasteiger partial charge in [-0.2, -0.15) is 0 Å². The maximum absolute atomic E-state index is 12.8. The van der Waals surface area contributed by atoms with Crippen LogP contribution in [0.1, 0.15) is 213 Å². The van der Waals surface area contributed by atoms with E-state index in [-0.39, 0.29) is 32.0 Å². The number of aliphatic hydroxyl groups excluding tert-OH is 4. The van der Waals surface area contributed by atoms with Crippen molar-refractivity contribution < 1.29 is 49.0 Å². The van der Waals surface area contributed by atoms with Gasteiger partial charge < -0.3 is 39.4 Å². The molecule has 1 rings (SSSR count). The van der Waals surface area contributed by atoms with E-state index in [1.165, 1.54) is 141 Å². The molecule has 10 nitrogen and oxygen atoms in total. The van der Waals surface area contributed by atoms with Crippen molar-refractivity contribution >= 4 is 11.9 Å². The Hall–Kier alpha value is -1.30.